The molecule has 0 saturated heterocycles. The topological polar surface area (TPSA) is 89.0 Å². The molecule has 0 fully saturated rings. The highest BCUT2D eigenvalue weighted by atomic mass is 28.3. The maximum Gasteiger partial charge on any atom is 0.147 e. The van der Waals surface area contributed by atoms with Crippen molar-refractivity contribution in [2.45, 2.75) is 89.5 Å². The number of hydrogen-bond donors (Lipinski definition) is 2. The van der Waals surface area contributed by atoms with E-state index in [1.54, 1.807) is 0 Å². The van der Waals surface area contributed by atoms with Crippen molar-refractivity contribution >= 4 is 16.1 Å². The van der Waals surface area contributed by atoms with Gasteiger partial charge in [0.25, 0.3) is 0 Å². The van der Waals surface area contributed by atoms with E-state index in [2.05, 4.69) is 39.3 Å². The highest BCUT2D eigenvalue weighted by Crippen LogP contribution is 2.13. The molecule has 0 aliphatic heterocycles. The fraction of sp³-hybridized carbons (Fsp3) is 1.00. The molecule has 0 spiro atoms. The Hall–Kier alpha value is 0.194. The summed E-state index contributed by atoms with van der Waals surface area (Å²) in [7, 11) is -2.20. The fourth-order valence-electron chi connectivity index (χ4n) is 2.22. The van der Waals surface area contributed by atoms with Gasteiger partial charge in [-0.3, -0.25) is 0 Å². The van der Waals surface area contributed by atoms with Crippen molar-refractivity contribution in [3.05, 3.63) is 0 Å². The molecule has 0 rings (SSSR count). The van der Waals surface area contributed by atoms with Gasteiger partial charge in [0.1, 0.15) is 25.8 Å². The van der Waals surface area contributed by atoms with Crippen LogP contribution in [0, 0.1) is 0 Å². The van der Waals surface area contributed by atoms with E-state index in [0.29, 0.717) is 13.2 Å². The van der Waals surface area contributed by atoms with E-state index in [4.69, 9.17) is 30.4 Å². The predicted molar refractivity (Wildman–Crippen MR) is 115 cm³/mol. The average Bonchev–Trinajstić information content (AvgIpc) is 2.44. The van der Waals surface area contributed by atoms with Crippen LogP contribution in [0.2, 0.25) is 51.4 Å². The molecular weight excluding hydrogens is 364 g/mol. The van der Waals surface area contributed by atoms with Crippen LogP contribution in [0.1, 0.15) is 13.8 Å². The standard InChI is InChI=1S/C18H44N2O4Si2/c1-15(19)17(23-13-21-9-11-25(3,4)5)18(16(2)20)24-14-22-10-12-26(6,7)8/h15-18H,9-14,19-20H2,1-8H3/t15-,16-,17+,18+/m1/s1. The maximum atomic E-state index is 6.10. The second kappa shape index (κ2) is 12.6. The lowest BCUT2D eigenvalue weighted by Crippen LogP contribution is -2.52. The number of rotatable bonds is 15. The van der Waals surface area contributed by atoms with Crippen LogP contribution < -0.4 is 11.5 Å². The van der Waals surface area contributed by atoms with E-state index in [0.717, 1.165) is 12.1 Å². The molecule has 0 heterocycles. The summed E-state index contributed by atoms with van der Waals surface area (Å²) < 4.78 is 23.0. The smallest absolute Gasteiger partial charge is 0.147 e. The number of nitrogens with two attached hydrogens (primary N) is 2. The largest absolute Gasteiger partial charge is 0.356 e. The maximum absolute atomic E-state index is 6.10. The average molecular weight is 409 g/mol. The second-order valence-electron chi connectivity index (χ2n) is 9.65. The zero-order chi connectivity index (χ0) is 20.4. The fourth-order valence-corrected chi connectivity index (χ4v) is 3.73. The summed E-state index contributed by atoms with van der Waals surface area (Å²) in [5.41, 5.74) is 12.2. The van der Waals surface area contributed by atoms with E-state index in [1.807, 2.05) is 13.8 Å². The van der Waals surface area contributed by atoms with Crippen molar-refractivity contribution in [3.8, 4) is 0 Å². The van der Waals surface area contributed by atoms with E-state index in [9.17, 15) is 0 Å². The van der Waals surface area contributed by atoms with Gasteiger partial charge in [0.15, 0.2) is 0 Å². The first-order valence-corrected chi connectivity index (χ1v) is 17.1. The normalized spacial score (nSPS) is 17.8. The molecule has 0 aromatic rings. The van der Waals surface area contributed by atoms with E-state index >= 15 is 0 Å². The van der Waals surface area contributed by atoms with E-state index in [1.165, 1.54) is 0 Å². The lowest BCUT2D eigenvalue weighted by atomic mass is 10.0. The lowest BCUT2D eigenvalue weighted by Gasteiger charge is -2.32. The zero-order valence-electron chi connectivity index (χ0n) is 18.3. The van der Waals surface area contributed by atoms with Crippen LogP contribution in [0.15, 0.2) is 0 Å². The second-order valence-corrected chi connectivity index (χ2v) is 20.9. The molecule has 8 heteroatoms. The first-order valence-electron chi connectivity index (χ1n) is 9.73. The molecule has 0 radical (unpaired) electrons. The van der Waals surface area contributed by atoms with Crippen molar-refractivity contribution < 1.29 is 18.9 Å². The van der Waals surface area contributed by atoms with Gasteiger partial charge in [-0.25, -0.2) is 0 Å². The molecule has 0 unspecified atom stereocenters. The summed E-state index contributed by atoms with van der Waals surface area (Å²) >= 11 is 0. The lowest BCUT2D eigenvalue weighted by molar-refractivity contribution is -0.174. The zero-order valence-corrected chi connectivity index (χ0v) is 20.3. The molecule has 0 aliphatic carbocycles. The Labute approximate surface area is 163 Å². The first kappa shape index (κ1) is 26.2. The summed E-state index contributed by atoms with van der Waals surface area (Å²) in [5, 5.41) is 0. The SMILES string of the molecule is C[C@@H](N)[C@H](OCOCC[Si](C)(C)C)[C@@H](OCOCC[Si](C)(C)C)[C@@H](C)N. The molecule has 0 bridgehead atoms. The third-order valence-electron chi connectivity index (χ3n) is 4.04. The van der Waals surface area contributed by atoms with E-state index < -0.39 is 16.1 Å². The van der Waals surface area contributed by atoms with Crippen molar-refractivity contribution in [2.24, 2.45) is 11.5 Å². The van der Waals surface area contributed by atoms with Gasteiger partial charge in [0.2, 0.25) is 0 Å². The van der Waals surface area contributed by atoms with Crippen LogP contribution in [-0.2, 0) is 18.9 Å². The summed E-state index contributed by atoms with van der Waals surface area (Å²) in [6.45, 7) is 19.6. The first-order chi connectivity index (χ1) is 11.8. The van der Waals surface area contributed by atoms with Crippen molar-refractivity contribution in [1.82, 2.24) is 0 Å². The van der Waals surface area contributed by atoms with Gasteiger partial charge >= 0.3 is 0 Å². The molecule has 6 nitrogen and oxygen atoms in total. The highest BCUT2D eigenvalue weighted by molar-refractivity contribution is 6.76. The van der Waals surface area contributed by atoms with Gasteiger partial charge in [0.05, 0.1) is 0 Å². The quantitative estimate of drug-likeness (QED) is 0.246. The highest BCUT2D eigenvalue weighted by Gasteiger charge is 2.30. The van der Waals surface area contributed by atoms with Crippen molar-refractivity contribution in [3.63, 3.8) is 0 Å². The molecule has 26 heavy (non-hydrogen) atoms. The number of ether oxygens (including phenoxy) is 4. The van der Waals surface area contributed by atoms with Crippen LogP contribution in [0.3, 0.4) is 0 Å². The van der Waals surface area contributed by atoms with Gasteiger partial charge in [-0.05, 0) is 25.9 Å². The molecule has 0 saturated carbocycles. The van der Waals surface area contributed by atoms with Gasteiger partial charge in [-0.15, -0.1) is 0 Å². The molecule has 0 aliphatic rings. The van der Waals surface area contributed by atoms with Crippen molar-refractivity contribution in [1.29, 1.82) is 0 Å². The summed E-state index contributed by atoms with van der Waals surface area (Å²) in [4.78, 5) is 0. The minimum Gasteiger partial charge on any atom is -0.356 e. The molecule has 158 valence electrons. The monoisotopic (exact) mass is 408 g/mol. The van der Waals surface area contributed by atoms with Crippen molar-refractivity contribution in [2.75, 3.05) is 26.8 Å². The van der Waals surface area contributed by atoms with Crippen LogP contribution in [0.25, 0.3) is 0 Å². The van der Waals surface area contributed by atoms with Crippen LogP contribution in [0.5, 0.6) is 0 Å². The Morgan fingerprint density at radius 3 is 1.19 bits per heavy atom. The number of hydrogen-bond acceptors (Lipinski definition) is 6. The summed E-state index contributed by atoms with van der Waals surface area (Å²) in [5.74, 6) is 0. The molecule has 4 atom stereocenters. The Balaban J connectivity index is 4.34. The molecule has 0 aromatic heterocycles. The molecule has 0 amide bonds. The van der Waals surface area contributed by atoms with Gasteiger partial charge in [0, 0.05) is 41.4 Å². The van der Waals surface area contributed by atoms with Gasteiger partial charge in [-0.2, -0.15) is 0 Å². The molecule has 4 N–H and O–H groups in total. The van der Waals surface area contributed by atoms with E-state index in [-0.39, 0.29) is 37.9 Å². The third-order valence-corrected chi connectivity index (χ3v) is 7.45. The Kier molecular flexibility index (Phi) is 12.7. The summed E-state index contributed by atoms with van der Waals surface area (Å²) in [6, 6.07) is 1.79. The Bertz CT molecular complexity index is 324. The Morgan fingerprint density at radius 1 is 0.654 bits per heavy atom. The molecule has 0 aromatic carbocycles. The minimum absolute atomic E-state index is 0.208. The van der Waals surface area contributed by atoms with Crippen LogP contribution >= 0.6 is 0 Å². The van der Waals surface area contributed by atoms with Crippen LogP contribution in [-0.4, -0.2) is 67.2 Å². The van der Waals surface area contributed by atoms with Gasteiger partial charge < -0.3 is 30.4 Å². The predicted octanol–water partition coefficient (Wildman–Crippen LogP) is 3.08. The van der Waals surface area contributed by atoms with Crippen LogP contribution in [0.4, 0.5) is 0 Å². The molecular formula is C18H44N2O4Si2. The third kappa shape index (κ3) is 14.3. The summed E-state index contributed by atoms with van der Waals surface area (Å²) in [6.07, 6.45) is -0.662. The Morgan fingerprint density at radius 2 is 0.962 bits per heavy atom. The minimum atomic E-state index is -1.10. The van der Waals surface area contributed by atoms with Gasteiger partial charge in [-0.1, -0.05) is 39.3 Å².